The second-order valence-corrected chi connectivity index (χ2v) is 4.36. The molecule has 1 aliphatic rings. The number of rotatable bonds is 2. The molecule has 0 saturated heterocycles. The van der Waals surface area contributed by atoms with E-state index in [0.29, 0.717) is 4.68 Å². The SMILES string of the molecule is FC(F)(F)c1n[nH]c(=S)n1/N=C\[C@H]1CC=CCC1. The third kappa shape index (κ3) is 2.87. The number of alkyl halides is 3. The average Bonchev–Trinajstić information content (AvgIpc) is 2.69. The van der Waals surface area contributed by atoms with Crippen LogP contribution in [0, 0.1) is 10.7 Å². The zero-order valence-electron chi connectivity index (χ0n) is 9.31. The first-order chi connectivity index (χ1) is 8.48. The minimum absolute atomic E-state index is 0.146. The van der Waals surface area contributed by atoms with Gasteiger partial charge in [0.1, 0.15) is 0 Å². The summed E-state index contributed by atoms with van der Waals surface area (Å²) in [6.45, 7) is 0. The van der Waals surface area contributed by atoms with Crippen LogP contribution in [0.5, 0.6) is 0 Å². The van der Waals surface area contributed by atoms with Crippen molar-refractivity contribution in [1.29, 1.82) is 0 Å². The van der Waals surface area contributed by atoms with E-state index in [9.17, 15) is 13.2 Å². The van der Waals surface area contributed by atoms with Crippen LogP contribution < -0.4 is 0 Å². The Balaban J connectivity index is 2.23. The smallest absolute Gasteiger partial charge is 0.250 e. The lowest BCUT2D eigenvalue weighted by Crippen LogP contribution is -2.14. The summed E-state index contributed by atoms with van der Waals surface area (Å²) in [6.07, 6.45) is 3.57. The van der Waals surface area contributed by atoms with Gasteiger partial charge in [0.15, 0.2) is 0 Å². The first-order valence-corrected chi connectivity index (χ1v) is 5.83. The zero-order valence-corrected chi connectivity index (χ0v) is 10.1. The van der Waals surface area contributed by atoms with Gasteiger partial charge < -0.3 is 0 Å². The monoisotopic (exact) mass is 276 g/mol. The zero-order chi connectivity index (χ0) is 13.2. The van der Waals surface area contributed by atoms with Crippen molar-refractivity contribution in [2.75, 3.05) is 0 Å². The summed E-state index contributed by atoms with van der Waals surface area (Å²) >= 11 is 4.73. The Labute approximate surface area is 106 Å². The molecule has 98 valence electrons. The Morgan fingerprint density at radius 1 is 1.50 bits per heavy atom. The van der Waals surface area contributed by atoms with E-state index in [4.69, 9.17) is 12.2 Å². The molecule has 1 aromatic heterocycles. The van der Waals surface area contributed by atoms with Gasteiger partial charge in [-0.25, -0.2) is 5.10 Å². The van der Waals surface area contributed by atoms with Crippen molar-refractivity contribution in [3.05, 3.63) is 22.7 Å². The molecule has 0 bridgehead atoms. The minimum Gasteiger partial charge on any atom is -0.250 e. The molecule has 0 aliphatic heterocycles. The minimum atomic E-state index is -4.57. The number of aromatic amines is 1. The molecule has 0 saturated carbocycles. The number of nitrogens with zero attached hydrogens (tertiary/aromatic N) is 3. The molecule has 1 aliphatic carbocycles. The summed E-state index contributed by atoms with van der Waals surface area (Å²) in [6, 6.07) is 0. The van der Waals surface area contributed by atoms with Crippen LogP contribution in [0.25, 0.3) is 0 Å². The second-order valence-electron chi connectivity index (χ2n) is 3.97. The van der Waals surface area contributed by atoms with Gasteiger partial charge in [-0.1, -0.05) is 12.2 Å². The van der Waals surface area contributed by atoms with Gasteiger partial charge >= 0.3 is 6.18 Å². The summed E-state index contributed by atoms with van der Waals surface area (Å²) in [5.74, 6) is -0.983. The van der Waals surface area contributed by atoms with Crippen LogP contribution in [0.3, 0.4) is 0 Å². The van der Waals surface area contributed by atoms with E-state index in [1.807, 2.05) is 6.08 Å². The molecule has 0 aromatic carbocycles. The molecule has 0 unspecified atom stereocenters. The van der Waals surface area contributed by atoms with E-state index >= 15 is 0 Å². The highest BCUT2D eigenvalue weighted by Gasteiger charge is 2.37. The number of H-pyrrole nitrogens is 1. The predicted octanol–water partition coefficient (Wildman–Crippen LogP) is 3.15. The number of hydrogen-bond acceptors (Lipinski definition) is 3. The Morgan fingerprint density at radius 2 is 2.28 bits per heavy atom. The Kier molecular flexibility index (Phi) is 3.65. The third-order valence-corrected chi connectivity index (χ3v) is 2.87. The third-order valence-electron chi connectivity index (χ3n) is 2.61. The van der Waals surface area contributed by atoms with Gasteiger partial charge in [0, 0.05) is 6.21 Å². The van der Waals surface area contributed by atoms with Crippen LogP contribution in [0.2, 0.25) is 0 Å². The van der Waals surface area contributed by atoms with Gasteiger partial charge in [-0.15, -0.1) is 5.10 Å². The first-order valence-electron chi connectivity index (χ1n) is 5.42. The number of aromatic nitrogens is 3. The van der Waals surface area contributed by atoms with Crippen LogP contribution in [-0.4, -0.2) is 21.1 Å². The molecule has 4 nitrogen and oxygen atoms in total. The standard InChI is InChI=1S/C10H11F3N4S/c11-10(12,13)8-15-16-9(18)17(8)14-6-7-4-2-1-3-5-7/h1-2,6-7H,3-5H2,(H,16,18)/b14-6-/t7-/m0/s1. The van der Waals surface area contributed by atoms with E-state index in [0.717, 1.165) is 19.3 Å². The van der Waals surface area contributed by atoms with E-state index in [-0.39, 0.29) is 10.7 Å². The predicted molar refractivity (Wildman–Crippen MR) is 62.8 cm³/mol. The summed E-state index contributed by atoms with van der Waals surface area (Å²) in [7, 11) is 0. The second kappa shape index (κ2) is 5.05. The molecule has 0 spiro atoms. The van der Waals surface area contributed by atoms with Crippen LogP contribution in [0.1, 0.15) is 25.1 Å². The molecule has 18 heavy (non-hydrogen) atoms. The molecule has 8 heteroatoms. The van der Waals surface area contributed by atoms with Gasteiger partial charge in [-0.05, 0) is 37.4 Å². The summed E-state index contributed by atoms with van der Waals surface area (Å²) in [4.78, 5) is 0. The van der Waals surface area contributed by atoms with Crippen molar-refractivity contribution in [1.82, 2.24) is 14.9 Å². The Bertz CT molecular complexity index is 526. The first kappa shape index (κ1) is 13.0. The topological polar surface area (TPSA) is 46.0 Å². The van der Waals surface area contributed by atoms with Gasteiger partial charge in [-0.3, -0.25) is 0 Å². The fourth-order valence-electron chi connectivity index (χ4n) is 1.70. The quantitative estimate of drug-likeness (QED) is 0.512. The summed E-state index contributed by atoms with van der Waals surface area (Å²) < 4.78 is 38.2. The van der Waals surface area contributed by atoms with Gasteiger partial charge in [0.05, 0.1) is 0 Å². The van der Waals surface area contributed by atoms with Crippen LogP contribution >= 0.6 is 12.2 Å². The summed E-state index contributed by atoms with van der Waals surface area (Å²) in [5, 5.41) is 9.04. The van der Waals surface area contributed by atoms with E-state index < -0.39 is 12.0 Å². The number of halogens is 3. The van der Waals surface area contributed by atoms with Crippen LogP contribution in [0.15, 0.2) is 17.3 Å². The fourth-order valence-corrected chi connectivity index (χ4v) is 1.87. The van der Waals surface area contributed by atoms with Gasteiger partial charge in [0.2, 0.25) is 4.77 Å². The van der Waals surface area contributed by atoms with Crippen LogP contribution in [0.4, 0.5) is 13.2 Å². The molecule has 1 N–H and O–H groups in total. The maximum absolute atomic E-state index is 12.6. The molecule has 1 atom stereocenters. The number of hydrogen-bond donors (Lipinski definition) is 1. The lowest BCUT2D eigenvalue weighted by Gasteiger charge is -2.12. The maximum Gasteiger partial charge on any atom is 0.453 e. The number of allylic oxidation sites excluding steroid dienone is 2. The largest absolute Gasteiger partial charge is 0.453 e. The van der Waals surface area contributed by atoms with E-state index in [1.165, 1.54) is 6.21 Å². The van der Waals surface area contributed by atoms with E-state index in [2.05, 4.69) is 21.4 Å². The van der Waals surface area contributed by atoms with Crippen molar-refractivity contribution in [2.45, 2.75) is 25.4 Å². The molecular formula is C10H11F3N4S. The van der Waals surface area contributed by atoms with Gasteiger partial charge in [0.25, 0.3) is 5.82 Å². The molecule has 1 heterocycles. The highest BCUT2D eigenvalue weighted by atomic mass is 32.1. The summed E-state index contributed by atoms with van der Waals surface area (Å²) in [5.41, 5.74) is 0. The molecule has 1 aromatic rings. The lowest BCUT2D eigenvalue weighted by molar-refractivity contribution is -0.147. The van der Waals surface area contributed by atoms with Crippen molar-refractivity contribution in [3.8, 4) is 0 Å². The van der Waals surface area contributed by atoms with Crippen molar-refractivity contribution < 1.29 is 13.2 Å². The van der Waals surface area contributed by atoms with E-state index in [1.54, 1.807) is 0 Å². The van der Waals surface area contributed by atoms with Crippen LogP contribution in [-0.2, 0) is 6.18 Å². The molecular weight excluding hydrogens is 265 g/mol. The molecule has 0 radical (unpaired) electrons. The van der Waals surface area contributed by atoms with Gasteiger partial charge in [-0.2, -0.15) is 22.9 Å². The molecule has 0 fully saturated rings. The van der Waals surface area contributed by atoms with Crippen molar-refractivity contribution in [3.63, 3.8) is 0 Å². The van der Waals surface area contributed by atoms with Crippen molar-refractivity contribution in [2.24, 2.45) is 11.0 Å². The Morgan fingerprint density at radius 3 is 2.89 bits per heavy atom. The Hall–Kier alpha value is -1.44. The molecule has 2 rings (SSSR count). The number of nitrogens with one attached hydrogen (secondary N) is 1. The van der Waals surface area contributed by atoms with Crippen molar-refractivity contribution >= 4 is 18.4 Å². The lowest BCUT2D eigenvalue weighted by atomic mass is 9.96. The normalized spacial score (nSPS) is 20.7. The molecule has 0 amide bonds. The average molecular weight is 276 g/mol. The highest BCUT2D eigenvalue weighted by molar-refractivity contribution is 7.71. The highest BCUT2D eigenvalue weighted by Crippen LogP contribution is 2.27. The fraction of sp³-hybridized carbons (Fsp3) is 0.500. The maximum atomic E-state index is 12.6.